The normalized spacial score (nSPS) is 14.3. The van der Waals surface area contributed by atoms with Crippen molar-refractivity contribution in [2.75, 3.05) is 12.9 Å². The third-order valence-electron chi connectivity index (χ3n) is 6.01. The Kier molecular flexibility index (Phi) is 7.65. The molecule has 2 aromatic carbocycles. The van der Waals surface area contributed by atoms with Crippen molar-refractivity contribution in [1.82, 2.24) is 20.1 Å². The molecular formula is C25H29FN4O2S. The van der Waals surface area contributed by atoms with E-state index in [-0.39, 0.29) is 17.5 Å². The Morgan fingerprint density at radius 3 is 2.61 bits per heavy atom. The lowest BCUT2D eigenvalue weighted by Crippen LogP contribution is -2.25. The highest BCUT2D eigenvalue weighted by Gasteiger charge is 2.24. The SMILES string of the molecule is COc1ccc(-c2nnc(SCC(=O)NCc3ccc(C)c(F)c3)n2C2CCCCC2)cc1. The summed E-state index contributed by atoms with van der Waals surface area (Å²) in [7, 11) is 1.65. The summed E-state index contributed by atoms with van der Waals surface area (Å²) in [6, 6.07) is 13.2. The molecule has 0 atom stereocenters. The maximum Gasteiger partial charge on any atom is 0.230 e. The molecule has 1 fully saturated rings. The summed E-state index contributed by atoms with van der Waals surface area (Å²) < 4.78 is 21.2. The number of nitrogens with zero attached hydrogens (tertiary/aromatic N) is 3. The second kappa shape index (κ2) is 10.8. The van der Waals surface area contributed by atoms with Gasteiger partial charge in [-0.25, -0.2) is 4.39 Å². The van der Waals surface area contributed by atoms with E-state index in [4.69, 9.17) is 4.74 Å². The summed E-state index contributed by atoms with van der Waals surface area (Å²) in [5.41, 5.74) is 2.31. The summed E-state index contributed by atoms with van der Waals surface area (Å²) in [4.78, 5) is 12.5. The molecule has 1 aliphatic carbocycles. The van der Waals surface area contributed by atoms with E-state index in [0.29, 0.717) is 18.2 Å². The van der Waals surface area contributed by atoms with Crippen molar-refractivity contribution in [3.63, 3.8) is 0 Å². The molecule has 6 nitrogen and oxygen atoms in total. The Hall–Kier alpha value is -2.87. The van der Waals surface area contributed by atoms with Crippen LogP contribution in [0.25, 0.3) is 11.4 Å². The van der Waals surface area contributed by atoms with E-state index in [2.05, 4.69) is 20.1 Å². The molecule has 0 unspecified atom stereocenters. The van der Waals surface area contributed by atoms with Crippen molar-refractivity contribution >= 4 is 17.7 Å². The summed E-state index contributed by atoms with van der Waals surface area (Å²) in [6.45, 7) is 2.01. The zero-order valence-electron chi connectivity index (χ0n) is 19.0. The van der Waals surface area contributed by atoms with Gasteiger partial charge in [0.15, 0.2) is 11.0 Å². The molecule has 33 heavy (non-hydrogen) atoms. The number of carbonyl (C=O) groups is 1. The maximum absolute atomic E-state index is 13.7. The van der Waals surface area contributed by atoms with Gasteiger partial charge in [-0.15, -0.1) is 10.2 Å². The summed E-state index contributed by atoms with van der Waals surface area (Å²) in [6.07, 6.45) is 5.78. The van der Waals surface area contributed by atoms with Crippen LogP contribution >= 0.6 is 11.8 Å². The fourth-order valence-electron chi connectivity index (χ4n) is 4.11. The first-order chi connectivity index (χ1) is 16.0. The second-order valence-corrected chi connectivity index (χ2v) is 9.29. The summed E-state index contributed by atoms with van der Waals surface area (Å²) >= 11 is 1.39. The van der Waals surface area contributed by atoms with Gasteiger partial charge in [-0.05, 0) is 61.2 Å². The third kappa shape index (κ3) is 5.74. The fourth-order valence-corrected chi connectivity index (χ4v) is 4.94. The Morgan fingerprint density at radius 1 is 1.15 bits per heavy atom. The molecule has 1 aromatic heterocycles. The highest BCUT2D eigenvalue weighted by Crippen LogP contribution is 2.35. The number of halogens is 1. The minimum atomic E-state index is -0.261. The van der Waals surface area contributed by atoms with Crippen LogP contribution in [-0.4, -0.2) is 33.5 Å². The fraction of sp³-hybridized carbons (Fsp3) is 0.400. The average molecular weight is 469 g/mol. The maximum atomic E-state index is 13.7. The molecule has 0 bridgehead atoms. The quantitative estimate of drug-likeness (QED) is 0.454. The molecule has 0 spiro atoms. The molecule has 8 heteroatoms. The van der Waals surface area contributed by atoms with E-state index >= 15 is 0 Å². The summed E-state index contributed by atoms with van der Waals surface area (Å²) in [5.74, 6) is 1.46. The van der Waals surface area contributed by atoms with Crippen molar-refractivity contribution in [3.8, 4) is 17.1 Å². The topological polar surface area (TPSA) is 69.0 Å². The highest BCUT2D eigenvalue weighted by atomic mass is 32.2. The summed E-state index contributed by atoms with van der Waals surface area (Å²) in [5, 5.41) is 12.5. The molecule has 0 aliphatic heterocycles. The van der Waals surface area contributed by atoms with E-state index in [1.54, 1.807) is 20.1 Å². The first-order valence-electron chi connectivity index (χ1n) is 11.3. The lowest BCUT2D eigenvalue weighted by Gasteiger charge is -2.25. The van der Waals surface area contributed by atoms with Gasteiger partial charge in [0.25, 0.3) is 0 Å². The van der Waals surface area contributed by atoms with Crippen LogP contribution in [-0.2, 0) is 11.3 Å². The van der Waals surface area contributed by atoms with Crippen molar-refractivity contribution in [2.45, 2.75) is 56.8 Å². The van der Waals surface area contributed by atoms with Crippen LogP contribution < -0.4 is 10.1 Å². The van der Waals surface area contributed by atoms with Gasteiger partial charge in [0.1, 0.15) is 11.6 Å². The third-order valence-corrected chi connectivity index (χ3v) is 6.95. The van der Waals surface area contributed by atoms with Crippen molar-refractivity contribution in [1.29, 1.82) is 0 Å². The minimum absolute atomic E-state index is 0.120. The molecule has 0 saturated heterocycles. The second-order valence-electron chi connectivity index (χ2n) is 8.35. The van der Waals surface area contributed by atoms with Gasteiger partial charge in [-0.2, -0.15) is 0 Å². The highest BCUT2D eigenvalue weighted by molar-refractivity contribution is 7.99. The van der Waals surface area contributed by atoms with E-state index in [1.807, 2.05) is 30.3 Å². The molecule has 1 saturated carbocycles. The standard InChI is InChI=1S/C25H29FN4O2S/c1-17-8-9-18(14-22(17)26)15-27-23(31)16-33-25-29-28-24(19-10-12-21(32-2)13-11-19)30(25)20-6-4-3-5-7-20/h8-14,20H,3-7,15-16H2,1-2H3,(H,27,31). The van der Waals surface area contributed by atoms with Gasteiger partial charge in [0.2, 0.25) is 5.91 Å². The zero-order valence-corrected chi connectivity index (χ0v) is 19.8. The number of rotatable bonds is 8. The molecule has 1 aliphatic rings. The van der Waals surface area contributed by atoms with Crippen LogP contribution in [0.1, 0.15) is 49.3 Å². The number of nitrogens with one attached hydrogen (secondary N) is 1. The number of ether oxygens (including phenoxy) is 1. The Balaban J connectivity index is 1.46. The van der Waals surface area contributed by atoms with Crippen LogP contribution in [0.4, 0.5) is 4.39 Å². The number of carbonyl (C=O) groups excluding carboxylic acids is 1. The largest absolute Gasteiger partial charge is 0.497 e. The lowest BCUT2D eigenvalue weighted by molar-refractivity contribution is -0.118. The molecule has 1 amide bonds. The zero-order chi connectivity index (χ0) is 23.2. The lowest BCUT2D eigenvalue weighted by atomic mass is 9.95. The molecule has 4 rings (SSSR count). The van der Waals surface area contributed by atoms with Crippen molar-refractivity contribution in [2.24, 2.45) is 0 Å². The number of thioether (sulfide) groups is 1. The minimum Gasteiger partial charge on any atom is -0.497 e. The first-order valence-corrected chi connectivity index (χ1v) is 12.3. The van der Waals surface area contributed by atoms with Crippen LogP contribution in [0.3, 0.4) is 0 Å². The molecule has 174 valence electrons. The molecule has 1 N–H and O–H groups in total. The molecule has 0 radical (unpaired) electrons. The molecule has 1 heterocycles. The van der Waals surface area contributed by atoms with Gasteiger partial charge in [0, 0.05) is 18.2 Å². The number of amides is 1. The number of methoxy groups -OCH3 is 1. The Bertz CT molecular complexity index is 1090. The molecule has 3 aromatic rings. The van der Waals surface area contributed by atoms with Crippen LogP contribution in [0.5, 0.6) is 5.75 Å². The van der Waals surface area contributed by atoms with Gasteiger partial charge < -0.3 is 10.1 Å². The predicted molar refractivity (Wildman–Crippen MR) is 128 cm³/mol. The van der Waals surface area contributed by atoms with Gasteiger partial charge in [0.05, 0.1) is 12.9 Å². The number of aromatic nitrogens is 3. The van der Waals surface area contributed by atoms with E-state index in [1.165, 1.54) is 37.1 Å². The van der Waals surface area contributed by atoms with Crippen LogP contribution in [0.2, 0.25) is 0 Å². The van der Waals surface area contributed by atoms with E-state index in [0.717, 1.165) is 40.7 Å². The average Bonchev–Trinajstić information content (AvgIpc) is 3.28. The van der Waals surface area contributed by atoms with Crippen molar-refractivity contribution < 1.29 is 13.9 Å². The number of aryl methyl sites for hydroxylation is 1. The Labute approximate surface area is 197 Å². The first kappa shape index (κ1) is 23.3. The van der Waals surface area contributed by atoms with Crippen LogP contribution in [0, 0.1) is 12.7 Å². The monoisotopic (exact) mass is 468 g/mol. The van der Waals surface area contributed by atoms with Gasteiger partial charge in [-0.3, -0.25) is 9.36 Å². The smallest absolute Gasteiger partial charge is 0.230 e. The van der Waals surface area contributed by atoms with Crippen LogP contribution in [0.15, 0.2) is 47.6 Å². The van der Waals surface area contributed by atoms with Crippen molar-refractivity contribution in [3.05, 3.63) is 59.4 Å². The number of hydrogen-bond donors (Lipinski definition) is 1. The van der Waals surface area contributed by atoms with Gasteiger partial charge in [-0.1, -0.05) is 43.2 Å². The number of benzene rings is 2. The Morgan fingerprint density at radius 2 is 1.91 bits per heavy atom. The van der Waals surface area contributed by atoms with Gasteiger partial charge >= 0.3 is 0 Å². The predicted octanol–water partition coefficient (Wildman–Crippen LogP) is 5.31. The van der Waals surface area contributed by atoms with E-state index in [9.17, 15) is 9.18 Å². The molecular weight excluding hydrogens is 439 g/mol. The number of hydrogen-bond acceptors (Lipinski definition) is 5. The van der Waals surface area contributed by atoms with E-state index < -0.39 is 0 Å².